The first-order valence-corrected chi connectivity index (χ1v) is 7.32. The van der Waals surface area contributed by atoms with Gasteiger partial charge in [-0.1, -0.05) is 40.2 Å². The molecule has 0 saturated heterocycles. The van der Waals surface area contributed by atoms with Crippen LogP contribution in [0.1, 0.15) is 24.1 Å². The van der Waals surface area contributed by atoms with Crippen LogP contribution < -0.4 is 10.5 Å². The highest BCUT2D eigenvalue weighted by molar-refractivity contribution is 9.10. The first-order valence-electron chi connectivity index (χ1n) is 6.53. The number of ether oxygens (including phenoxy) is 1. The fourth-order valence-corrected chi connectivity index (χ4v) is 2.72. The fraction of sp³-hybridized carbons (Fsp3) is 0.250. The number of benzene rings is 2. The Labute approximate surface area is 127 Å². The van der Waals surface area contributed by atoms with Crippen molar-refractivity contribution in [3.63, 3.8) is 0 Å². The van der Waals surface area contributed by atoms with Gasteiger partial charge in [0.15, 0.2) is 0 Å². The van der Waals surface area contributed by atoms with Crippen LogP contribution in [0.3, 0.4) is 0 Å². The Hall–Kier alpha value is -1.36. The summed E-state index contributed by atoms with van der Waals surface area (Å²) in [6, 6.07) is 13.5. The van der Waals surface area contributed by atoms with E-state index in [1.54, 1.807) is 0 Å². The molecular weight excluding hydrogens is 318 g/mol. The monoisotopic (exact) mass is 335 g/mol. The van der Waals surface area contributed by atoms with Crippen molar-refractivity contribution in [3.05, 3.63) is 58.1 Å². The van der Waals surface area contributed by atoms with Gasteiger partial charge in [-0.05, 0) is 42.7 Å². The van der Waals surface area contributed by atoms with Crippen LogP contribution in [0.25, 0.3) is 0 Å². The number of rotatable bonds is 5. The number of nitrogens with two attached hydrogens (primary N) is 1. The first kappa shape index (κ1) is 15.0. The van der Waals surface area contributed by atoms with E-state index >= 15 is 0 Å². The van der Waals surface area contributed by atoms with E-state index in [1.807, 2.05) is 49.4 Å². The van der Waals surface area contributed by atoms with E-state index in [9.17, 15) is 0 Å². The van der Waals surface area contributed by atoms with Gasteiger partial charge in [0, 0.05) is 17.1 Å². The van der Waals surface area contributed by atoms with Crippen LogP contribution >= 0.6 is 15.9 Å². The van der Waals surface area contributed by atoms with Crippen LogP contribution in [0.15, 0.2) is 46.9 Å². The molecular formula is C16H18BrNO2. The fourth-order valence-electron chi connectivity index (χ4n) is 2.00. The van der Waals surface area contributed by atoms with Gasteiger partial charge in [0.05, 0.1) is 0 Å². The molecule has 0 spiro atoms. The van der Waals surface area contributed by atoms with E-state index in [2.05, 4.69) is 15.9 Å². The van der Waals surface area contributed by atoms with Gasteiger partial charge in [-0.15, -0.1) is 0 Å². The van der Waals surface area contributed by atoms with E-state index in [0.29, 0.717) is 6.42 Å². The van der Waals surface area contributed by atoms with E-state index < -0.39 is 0 Å². The Bertz CT molecular complexity index is 584. The van der Waals surface area contributed by atoms with Gasteiger partial charge < -0.3 is 15.6 Å². The molecule has 0 heterocycles. The molecule has 106 valence electrons. The number of para-hydroxylation sites is 1. The molecule has 0 fully saturated rings. The van der Waals surface area contributed by atoms with E-state index in [4.69, 9.17) is 15.6 Å². The van der Waals surface area contributed by atoms with Crippen molar-refractivity contribution >= 4 is 15.9 Å². The van der Waals surface area contributed by atoms with Gasteiger partial charge in [-0.3, -0.25) is 0 Å². The van der Waals surface area contributed by atoms with Crippen molar-refractivity contribution in [1.29, 1.82) is 0 Å². The topological polar surface area (TPSA) is 55.5 Å². The average molecular weight is 336 g/mol. The van der Waals surface area contributed by atoms with Gasteiger partial charge in [0.25, 0.3) is 0 Å². The smallest absolute Gasteiger partial charge is 0.130 e. The van der Waals surface area contributed by atoms with Crippen molar-refractivity contribution in [2.75, 3.05) is 6.61 Å². The molecule has 4 heteroatoms. The van der Waals surface area contributed by atoms with Gasteiger partial charge >= 0.3 is 0 Å². The first-order chi connectivity index (χ1) is 9.61. The van der Waals surface area contributed by atoms with Crippen molar-refractivity contribution < 1.29 is 9.84 Å². The Morgan fingerprint density at radius 2 is 2.00 bits per heavy atom. The third-order valence-corrected chi connectivity index (χ3v) is 3.73. The van der Waals surface area contributed by atoms with Gasteiger partial charge in [0.2, 0.25) is 0 Å². The maximum atomic E-state index is 9.07. The maximum Gasteiger partial charge on any atom is 0.130 e. The minimum absolute atomic E-state index is 0.0277. The van der Waals surface area contributed by atoms with Crippen LogP contribution in [0.4, 0.5) is 0 Å². The van der Waals surface area contributed by atoms with Crippen LogP contribution in [-0.2, 0) is 6.42 Å². The quantitative estimate of drug-likeness (QED) is 0.873. The molecule has 0 aromatic heterocycles. The summed E-state index contributed by atoms with van der Waals surface area (Å²) in [5, 5.41) is 9.07. The number of halogens is 1. The van der Waals surface area contributed by atoms with E-state index in [1.165, 1.54) is 0 Å². The zero-order valence-electron chi connectivity index (χ0n) is 11.3. The minimum atomic E-state index is -0.0277. The largest absolute Gasteiger partial charge is 0.457 e. The molecule has 3 N–H and O–H groups in total. The lowest BCUT2D eigenvalue weighted by Crippen LogP contribution is -2.05. The van der Waals surface area contributed by atoms with Crippen LogP contribution in [0.2, 0.25) is 0 Å². The third kappa shape index (κ3) is 3.60. The zero-order valence-corrected chi connectivity index (χ0v) is 12.9. The number of aliphatic hydroxyl groups is 1. The lowest BCUT2D eigenvalue weighted by Gasteiger charge is -2.13. The van der Waals surface area contributed by atoms with Crippen molar-refractivity contribution in [1.82, 2.24) is 0 Å². The number of hydrogen-bond acceptors (Lipinski definition) is 3. The van der Waals surface area contributed by atoms with Gasteiger partial charge in [-0.2, -0.15) is 0 Å². The highest BCUT2D eigenvalue weighted by Crippen LogP contribution is 2.31. The molecule has 2 aromatic rings. The van der Waals surface area contributed by atoms with Gasteiger partial charge in [0.1, 0.15) is 11.5 Å². The second kappa shape index (κ2) is 6.88. The van der Waals surface area contributed by atoms with Crippen LogP contribution in [-0.4, -0.2) is 11.7 Å². The summed E-state index contributed by atoms with van der Waals surface area (Å²) in [6.45, 7) is 2.05. The zero-order chi connectivity index (χ0) is 14.5. The summed E-state index contributed by atoms with van der Waals surface area (Å²) < 4.78 is 6.83. The molecule has 0 aliphatic heterocycles. The lowest BCUT2D eigenvalue weighted by atomic mass is 10.1. The molecule has 3 nitrogen and oxygen atoms in total. The molecule has 20 heavy (non-hydrogen) atoms. The maximum absolute atomic E-state index is 9.07. The second-order valence-corrected chi connectivity index (χ2v) is 5.51. The Balaban J connectivity index is 2.24. The summed E-state index contributed by atoms with van der Waals surface area (Å²) in [5.41, 5.74) is 7.91. The molecule has 2 rings (SSSR count). The predicted octanol–water partition coefficient (Wildman–Crippen LogP) is 3.80. The van der Waals surface area contributed by atoms with E-state index in [-0.39, 0.29) is 12.6 Å². The molecule has 0 radical (unpaired) electrons. The predicted molar refractivity (Wildman–Crippen MR) is 84.1 cm³/mol. The van der Waals surface area contributed by atoms with Crippen molar-refractivity contribution in [2.45, 2.75) is 19.4 Å². The Kier molecular flexibility index (Phi) is 5.17. The highest BCUT2D eigenvalue weighted by atomic mass is 79.9. The standard InChI is InChI=1S/C16H18BrNO2/c1-11(18)14-7-6-13(10-15(14)17)20-16-5-3-2-4-12(16)8-9-19/h2-7,10-11,19H,8-9,18H2,1H3. The number of hydrogen-bond donors (Lipinski definition) is 2. The Morgan fingerprint density at radius 3 is 2.65 bits per heavy atom. The normalized spacial score (nSPS) is 12.2. The second-order valence-electron chi connectivity index (χ2n) is 4.66. The van der Waals surface area contributed by atoms with E-state index in [0.717, 1.165) is 27.1 Å². The molecule has 0 aliphatic rings. The molecule has 0 bridgehead atoms. The third-order valence-electron chi connectivity index (χ3n) is 3.04. The lowest BCUT2D eigenvalue weighted by molar-refractivity contribution is 0.298. The molecule has 1 atom stereocenters. The number of aliphatic hydroxyl groups excluding tert-OH is 1. The molecule has 0 aliphatic carbocycles. The summed E-state index contributed by atoms with van der Waals surface area (Å²) >= 11 is 3.51. The molecule has 2 aromatic carbocycles. The Morgan fingerprint density at radius 1 is 1.25 bits per heavy atom. The molecule has 0 amide bonds. The van der Waals surface area contributed by atoms with Crippen LogP contribution in [0.5, 0.6) is 11.5 Å². The summed E-state index contributed by atoms with van der Waals surface area (Å²) in [5.74, 6) is 1.51. The van der Waals surface area contributed by atoms with Crippen molar-refractivity contribution in [3.8, 4) is 11.5 Å². The minimum Gasteiger partial charge on any atom is -0.457 e. The van der Waals surface area contributed by atoms with Gasteiger partial charge in [-0.25, -0.2) is 0 Å². The SMILES string of the molecule is CC(N)c1ccc(Oc2ccccc2CCO)cc1Br. The molecule has 0 saturated carbocycles. The highest BCUT2D eigenvalue weighted by Gasteiger charge is 2.08. The van der Waals surface area contributed by atoms with Crippen LogP contribution in [0, 0.1) is 0 Å². The summed E-state index contributed by atoms with van der Waals surface area (Å²) in [6.07, 6.45) is 0.579. The average Bonchev–Trinajstić information content (AvgIpc) is 2.41. The van der Waals surface area contributed by atoms with Crippen molar-refractivity contribution in [2.24, 2.45) is 5.73 Å². The summed E-state index contributed by atoms with van der Waals surface area (Å²) in [4.78, 5) is 0. The molecule has 1 unspecified atom stereocenters. The summed E-state index contributed by atoms with van der Waals surface area (Å²) in [7, 11) is 0.